The predicted octanol–water partition coefficient (Wildman–Crippen LogP) is 3.48. The normalized spacial score (nSPS) is 11.2. The van der Waals surface area contributed by atoms with Crippen molar-refractivity contribution < 1.29 is 9.53 Å². The third kappa shape index (κ3) is 4.49. The zero-order valence-corrected chi connectivity index (χ0v) is 13.0. The number of benzene rings is 1. The van der Waals surface area contributed by atoms with E-state index in [0.29, 0.717) is 0 Å². The summed E-state index contributed by atoms with van der Waals surface area (Å²) in [7, 11) is 0. The highest BCUT2D eigenvalue weighted by molar-refractivity contribution is 7.99. The summed E-state index contributed by atoms with van der Waals surface area (Å²) in [6.07, 6.45) is 1.59. The van der Waals surface area contributed by atoms with Gasteiger partial charge in [0, 0.05) is 16.0 Å². The summed E-state index contributed by atoms with van der Waals surface area (Å²) in [6, 6.07) is 11.3. The Morgan fingerprint density at radius 3 is 2.43 bits per heavy atom. The van der Waals surface area contributed by atoms with E-state index >= 15 is 0 Å². The fourth-order valence-corrected chi connectivity index (χ4v) is 2.49. The number of H-pyrrole nitrogens is 1. The van der Waals surface area contributed by atoms with Crippen molar-refractivity contribution in [2.24, 2.45) is 0 Å². The second-order valence-corrected chi connectivity index (χ2v) is 6.64. The minimum atomic E-state index is -0.633. The quantitative estimate of drug-likeness (QED) is 0.882. The topological polar surface area (TPSA) is 59.2 Å². The molecule has 0 saturated heterocycles. The number of aromatic amines is 1. The highest BCUT2D eigenvalue weighted by Gasteiger charge is 2.20. The van der Waals surface area contributed by atoms with Gasteiger partial charge in [-0.3, -0.25) is 4.79 Å². The van der Waals surface area contributed by atoms with Gasteiger partial charge in [0.05, 0.1) is 0 Å². The van der Waals surface area contributed by atoms with Gasteiger partial charge in [-0.2, -0.15) is 0 Å². The Hall–Kier alpha value is -2.01. The summed E-state index contributed by atoms with van der Waals surface area (Å²) in [5, 5.41) is 0. The lowest BCUT2D eigenvalue weighted by Gasteiger charge is -2.19. The number of hydrogen-bond donors (Lipinski definition) is 1. The van der Waals surface area contributed by atoms with E-state index in [0.717, 1.165) is 9.79 Å². The molecule has 5 heteroatoms. The molecule has 0 bridgehead atoms. The third-order valence-electron chi connectivity index (χ3n) is 2.47. The zero-order valence-electron chi connectivity index (χ0n) is 12.2. The van der Waals surface area contributed by atoms with Crippen LogP contribution < -0.4 is 5.56 Å². The maximum Gasteiger partial charge on any atom is 0.344 e. The number of ether oxygens (including phenoxy) is 1. The van der Waals surface area contributed by atoms with Crippen LogP contribution in [0.5, 0.6) is 0 Å². The second-order valence-electron chi connectivity index (χ2n) is 5.50. The molecule has 2 aromatic rings. The maximum absolute atomic E-state index is 12.0. The van der Waals surface area contributed by atoms with Crippen molar-refractivity contribution >= 4 is 17.7 Å². The Morgan fingerprint density at radius 2 is 1.81 bits per heavy atom. The molecule has 0 aliphatic heterocycles. The van der Waals surface area contributed by atoms with Crippen molar-refractivity contribution in [1.82, 2.24) is 4.98 Å². The third-order valence-corrected chi connectivity index (χ3v) is 3.45. The molecule has 0 radical (unpaired) electrons. The van der Waals surface area contributed by atoms with Crippen LogP contribution in [0.1, 0.15) is 31.1 Å². The number of nitrogens with one attached hydrogen (secondary N) is 1. The van der Waals surface area contributed by atoms with Crippen LogP contribution in [0.2, 0.25) is 0 Å². The fourth-order valence-electron chi connectivity index (χ4n) is 1.63. The smallest absolute Gasteiger partial charge is 0.344 e. The molecule has 1 aromatic heterocycles. The SMILES string of the molecule is CC(C)(C)OC(=O)c1cc(Sc2ccccc2)c[nH]c1=O. The summed E-state index contributed by atoms with van der Waals surface area (Å²) in [5.41, 5.74) is -1.06. The minimum Gasteiger partial charge on any atom is -0.456 e. The van der Waals surface area contributed by atoms with Crippen molar-refractivity contribution in [2.45, 2.75) is 36.2 Å². The molecular formula is C16H17NO3S. The van der Waals surface area contributed by atoms with Crippen molar-refractivity contribution in [1.29, 1.82) is 0 Å². The summed E-state index contributed by atoms with van der Waals surface area (Å²) >= 11 is 1.47. The minimum absolute atomic E-state index is 0.0193. The van der Waals surface area contributed by atoms with Crippen molar-refractivity contribution in [2.75, 3.05) is 0 Å². The number of rotatable bonds is 3. The van der Waals surface area contributed by atoms with Gasteiger partial charge >= 0.3 is 5.97 Å². The fraction of sp³-hybridized carbons (Fsp3) is 0.250. The predicted molar refractivity (Wildman–Crippen MR) is 82.8 cm³/mol. The summed E-state index contributed by atoms with van der Waals surface area (Å²) in [4.78, 5) is 28.2. The molecule has 1 heterocycles. The van der Waals surface area contributed by atoms with Gasteiger partial charge in [-0.25, -0.2) is 4.79 Å². The van der Waals surface area contributed by atoms with Gasteiger partial charge < -0.3 is 9.72 Å². The van der Waals surface area contributed by atoms with Gasteiger partial charge in [0.25, 0.3) is 5.56 Å². The van der Waals surface area contributed by atoms with Crippen LogP contribution in [0.4, 0.5) is 0 Å². The average molecular weight is 303 g/mol. The van der Waals surface area contributed by atoms with Gasteiger partial charge in [0.15, 0.2) is 0 Å². The first-order valence-electron chi connectivity index (χ1n) is 6.54. The number of esters is 1. The molecule has 0 aliphatic carbocycles. The van der Waals surface area contributed by atoms with Crippen molar-refractivity contribution in [3.8, 4) is 0 Å². The van der Waals surface area contributed by atoms with Crippen LogP contribution in [0, 0.1) is 0 Å². The first kappa shape index (κ1) is 15.4. The van der Waals surface area contributed by atoms with Gasteiger partial charge in [-0.15, -0.1) is 0 Å². The lowest BCUT2D eigenvalue weighted by Crippen LogP contribution is -2.28. The molecule has 1 aromatic carbocycles. The Balaban J connectivity index is 2.25. The molecule has 110 valence electrons. The van der Waals surface area contributed by atoms with Crippen LogP contribution in [-0.4, -0.2) is 16.6 Å². The van der Waals surface area contributed by atoms with Crippen molar-refractivity contribution in [3.63, 3.8) is 0 Å². The largest absolute Gasteiger partial charge is 0.456 e. The molecular weight excluding hydrogens is 286 g/mol. The molecule has 0 fully saturated rings. The van der Waals surface area contributed by atoms with E-state index in [-0.39, 0.29) is 5.56 Å². The Kier molecular flexibility index (Phi) is 4.53. The Morgan fingerprint density at radius 1 is 1.14 bits per heavy atom. The van der Waals surface area contributed by atoms with E-state index in [9.17, 15) is 9.59 Å². The highest BCUT2D eigenvalue weighted by atomic mass is 32.2. The van der Waals surface area contributed by atoms with Gasteiger partial charge in [0.2, 0.25) is 0 Å². The average Bonchev–Trinajstić information content (AvgIpc) is 2.40. The molecule has 0 unspecified atom stereocenters. The molecule has 4 nitrogen and oxygen atoms in total. The molecule has 2 rings (SSSR count). The zero-order chi connectivity index (χ0) is 15.5. The van der Waals surface area contributed by atoms with Crippen LogP contribution >= 0.6 is 11.8 Å². The van der Waals surface area contributed by atoms with Gasteiger partial charge in [-0.05, 0) is 39.0 Å². The van der Waals surface area contributed by atoms with E-state index in [1.165, 1.54) is 11.8 Å². The number of hydrogen-bond acceptors (Lipinski definition) is 4. The highest BCUT2D eigenvalue weighted by Crippen LogP contribution is 2.26. The van der Waals surface area contributed by atoms with E-state index in [1.807, 2.05) is 30.3 Å². The van der Waals surface area contributed by atoms with E-state index in [4.69, 9.17) is 4.74 Å². The molecule has 21 heavy (non-hydrogen) atoms. The number of aromatic nitrogens is 1. The molecule has 0 atom stereocenters. The number of carbonyl (C=O) groups is 1. The first-order valence-corrected chi connectivity index (χ1v) is 7.36. The maximum atomic E-state index is 12.0. The number of carbonyl (C=O) groups excluding carboxylic acids is 1. The molecule has 0 spiro atoms. The number of pyridine rings is 1. The van der Waals surface area contributed by atoms with Crippen molar-refractivity contribution in [3.05, 3.63) is 58.5 Å². The molecule has 1 N–H and O–H groups in total. The van der Waals surface area contributed by atoms with E-state index < -0.39 is 17.1 Å². The summed E-state index contributed by atoms with van der Waals surface area (Å²) in [6.45, 7) is 5.30. The van der Waals surface area contributed by atoms with E-state index in [2.05, 4.69) is 4.98 Å². The first-order chi connectivity index (χ1) is 9.85. The van der Waals surface area contributed by atoms with Crippen LogP contribution in [0.15, 0.2) is 57.2 Å². The Labute approximate surface area is 127 Å². The summed E-state index contributed by atoms with van der Waals surface area (Å²) in [5.74, 6) is -0.612. The lowest BCUT2D eigenvalue weighted by molar-refractivity contribution is 0.00672. The van der Waals surface area contributed by atoms with Gasteiger partial charge in [0.1, 0.15) is 11.2 Å². The molecule has 0 aliphatic rings. The standard InChI is InChI=1S/C16H17NO3S/c1-16(2,3)20-15(19)13-9-12(10-17-14(13)18)21-11-7-5-4-6-8-11/h4-10H,1-3H3,(H,17,18). The van der Waals surface area contributed by atoms with Gasteiger partial charge in [-0.1, -0.05) is 30.0 Å². The molecule has 0 amide bonds. The monoisotopic (exact) mass is 303 g/mol. The van der Waals surface area contributed by atoms with Crippen LogP contribution in [0.25, 0.3) is 0 Å². The Bertz CT molecular complexity index is 687. The van der Waals surface area contributed by atoms with E-state index in [1.54, 1.807) is 33.0 Å². The second kappa shape index (κ2) is 6.18. The van der Waals surface area contributed by atoms with Crippen LogP contribution in [-0.2, 0) is 4.74 Å². The summed E-state index contributed by atoms with van der Waals surface area (Å²) < 4.78 is 5.24. The molecule has 0 saturated carbocycles. The van der Waals surface area contributed by atoms with Crippen LogP contribution in [0.3, 0.4) is 0 Å². The lowest BCUT2D eigenvalue weighted by atomic mass is 10.2.